The van der Waals surface area contributed by atoms with Gasteiger partial charge in [-0.2, -0.15) is 0 Å². The van der Waals surface area contributed by atoms with Crippen molar-refractivity contribution >= 4 is 40.4 Å². The van der Waals surface area contributed by atoms with Crippen molar-refractivity contribution in [3.8, 4) is 5.75 Å². The lowest BCUT2D eigenvalue weighted by molar-refractivity contribution is 0.0932. The average Bonchev–Trinajstić information content (AvgIpc) is 2.97. The molecule has 0 bridgehead atoms. The molecule has 0 saturated heterocycles. The molecule has 1 aromatic carbocycles. The molecule has 2 rings (SSSR count). The van der Waals surface area contributed by atoms with E-state index in [2.05, 4.69) is 10.3 Å². The van der Waals surface area contributed by atoms with Crippen molar-refractivity contribution in [1.82, 2.24) is 10.3 Å². The van der Waals surface area contributed by atoms with Crippen molar-refractivity contribution in [1.29, 1.82) is 0 Å². The molecule has 2 aromatic rings. The molecular formula is C14H14Cl2N2O3S. The van der Waals surface area contributed by atoms with Gasteiger partial charge in [-0.25, -0.2) is 4.98 Å². The second-order valence-corrected chi connectivity index (χ2v) is 6.02. The number of nitrogens with zero attached hydrogens (tertiary/aromatic N) is 1. The average molecular weight is 361 g/mol. The Labute approximate surface area is 142 Å². The molecule has 0 saturated carbocycles. The van der Waals surface area contributed by atoms with Gasteiger partial charge in [0.25, 0.3) is 5.91 Å². The monoisotopic (exact) mass is 360 g/mol. The molecule has 0 aliphatic carbocycles. The van der Waals surface area contributed by atoms with Crippen LogP contribution in [0.25, 0.3) is 0 Å². The summed E-state index contributed by atoms with van der Waals surface area (Å²) in [5, 5.41) is 6.07. The second kappa shape index (κ2) is 8.33. The molecule has 0 aliphatic heterocycles. The third-order valence-corrected chi connectivity index (χ3v) is 3.99. The number of ether oxygens (including phenoxy) is 2. The molecular weight excluding hydrogens is 347 g/mol. The lowest BCUT2D eigenvalue weighted by Gasteiger charge is -2.06. The minimum absolute atomic E-state index is 0.218. The Morgan fingerprint density at radius 3 is 3.00 bits per heavy atom. The third-order valence-electron chi connectivity index (χ3n) is 2.62. The normalized spacial score (nSPS) is 10.5. The topological polar surface area (TPSA) is 60.5 Å². The summed E-state index contributed by atoms with van der Waals surface area (Å²) in [6.07, 6.45) is 0. The molecule has 0 aliphatic rings. The van der Waals surface area contributed by atoms with E-state index in [0.29, 0.717) is 39.6 Å². The van der Waals surface area contributed by atoms with Crippen LogP contribution in [-0.4, -0.2) is 31.2 Å². The van der Waals surface area contributed by atoms with E-state index in [4.69, 9.17) is 32.7 Å². The van der Waals surface area contributed by atoms with Crippen LogP contribution in [0.15, 0.2) is 23.6 Å². The van der Waals surface area contributed by atoms with E-state index in [-0.39, 0.29) is 12.5 Å². The number of benzene rings is 1. The van der Waals surface area contributed by atoms with Crippen LogP contribution < -0.4 is 10.1 Å². The van der Waals surface area contributed by atoms with Gasteiger partial charge in [-0.3, -0.25) is 4.79 Å². The molecule has 0 spiro atoms. The maximum atomic E-state index is 11.8. The van der Waals surface area contributed by atoms with Crippen LogP contribution in [0.3, 0.4) is 0 Å². The van der Waals surface area contributed by atoms with E-state index in [1.54, 1.807) is 30.7 Å². The minimum Gasteiger partial charge on any atom is -0.485 e. The Kier molecular flexibility index (Phi) is 6.45. The zero-order valence-corrected chi connectivity index (χ0v) is 14.1. The first-order valence-electron chi connectivity index (χ1n) is 6.39. The van der Waals surface area contributed by atoms with Crippen LogP contribution in [0.1, 0.15) is 15.5 Å². The zero-order valence-electron chi connectivity index (χ0n) is 11.8. The summed E-state index contributed by atoms with van der Waals surface area (Å²) in [5.41, 5.74) is 0.358. The molecule has 22 heavy (non-hydrogen) atoms. The molecule has 1 amide bonds. The van der Waals surface area contributed by atoms with Gasteiger partial charge in [0.05, 0.1) is 11.6 Å². The number of amides is 1. The molecule has 1 aromatic heterocycles. The Morgan fingerprint density at radius 1 is 1.41 bits per heavy atom. The number of halogens is 2. The number of aromatic nitrogens is 1. The summed E-state index contributed by atoms with van der Waals surface area (Å²) >= 11 is 13.2. The van der Waals surface area contributed by atoms with E-state index >= 15 is 0 Å². The summed E-state index contributed by atoms with van der Waals surface area (Å²) in [5.74, 6) is 0.246. The van der Waals surface area contributed by atoms with Gasteiger partial charge in [-0.1, -0.05) is 23.2 Å². The summed E-state index contributed by atoms with van der Waals surface area (Å²) in [6.45, 7) is 1.12. The van der Waals surface area contributed by atoms with Crippen LogP contribution in [0, 0.1) is 0 Å². The van der Waals surface area contributed by atoms with Gasteiger partial charge >= 0.3 is 0 Å². The van der Waals surface area contributed by atoms with E-state index in [9.17, 15) is 4.79 Å². The third kappa shape index (κ3) is 4.84. The van der Waals surface area contributed by atoms with Crippen LogP contribution in [0.4, 0.5) is 0 Å². The predicted octanol–water partition coefficient (Wildman–Crippen LogP) is 3.41. The molecule has 0 fully saturated rings. The highest BCUT2D eigenvalue weighted by atomic mass is 35.5. The van der Waals surface area contributed by atoms with E-state index in [0.717, 1.165) is 0 Å². The largest absolute Gasteiger partial charge is 0.485 e. The fraction of sp³-hybridized carbons (Fsp3) is 0.286. The van der Waals surface area contributed by atoms with Crippen molar-refractivity contribution in [2.45, 2.75) is 6.61 Å². The lowest BCUT2D eigenvalue weighted by atomic mass is 10.3. The number of methoxy groups -OCH3 is 1. The number of carbonyl (C=O) groups excluding carboxylic acids is 1. The van der Waals surface area contributed by atoms with Gasteiger partial charge in [0.15, 0.2) is 0 Å². The van der Waals surface area contributed by atoms with E-state index in [1.165, 1.54) is 11.3 Å². The highest BCUT2D eigenvalue weighted by Crippen LogP contribution is 2.28. The van der Waals surface area contributed by atoms with Crippen molar-refractivity contribution < 1.29 is 14.3 Å². The first-order valence-corrected chi connectivity index (χ1v) is 8.03. The van der Waals surface area contributed by atoms with Crippen molar-refractivity contribution in [2.24, 2.45) is 0 Å². The molecule has 118 valence electrons. The maximum absolute atomic E-state index is 11.8. The first kappa shape index (κ1) is 17.0. The Balaban J connectivity index is 1.92. The molecule has 8 heteroatoms. The molecule has 0 radical (unpaired) electrons. The van der Waals surface area contributed by atoms with Crippen LogP contribution in [0.5, 0.6) is 5.75 Å². The van der Waals surface area contributed by atoms with Gasteiger partial charge in [-0.05, 0) is 12.1 Å². The molecule has 0 unspecified atom stereocenters. The molecule has 5 nitrogen and oxygen atoms in total. The predicted molar refractivity (Wildman–Crippen MR) is 87.1 cm³/mol. The number of carbonyl (C=O) groups is 1. The van der Waals surface area contributed by atoms with E-state index < -0.39 is 0 Å². The van der Waals surface area contributed by atoms with Crippen molar-refractivity contribution in [3.63, 3.8) is 0 Å². The van der Waals surface area contributed by atoms with Crippen molar-refractivity contribution in [3.05, 3.63) is 44.3 Å². The number of hydrogen-bond donors (Lipinski definition) is 1. The van der Waals surface area contributed by atoms with E-state index in [1.807, 2.05) is 0 Å². The smallest absolute Gasteiger partial charge is 0.270 e. The summed E-state index contributed by atoms with van der Waals surface area (Å²) in [6, 6.07) is 4.98. The van der Waals surface area contributed by atoms with Crippen LogP contribution >= 0.6 is 34.5 Å². The second-order valence-electron chi connectivity index (χ2n) is 4.24. The maximum Gasteiger partial charge on any atom is 0.270 e. The Morgan fingerprint density at radius 2 is 2.23 bits per heavy atom. The van der Waals surface area contributed by atoms with Gasteiger partial charge < -0.3 is 14.8 Å². The Hall–Kier alpha value is -1.34. The molecule has 1 heterocycles. The zero-order chi connectivity index (χ0) is 15.9. The minimum atomic E-state index is -0.236. The van der Waals surface area contributed by atoms with Gasteiger partial charge in [0.2, 0.25) is 0 Å². The first-order chi connectivity index (χ1) is 10.6. The van der Waals surface area contributed by atoms with Crippen molar-refractivity contribution in [2.75, 3.05) is 20.3 Å². The lowest BCUT2D eigenvalue weighted by Crippen LogP contribution is -2.27. The number of nitrogens with one attached hydrogen (secondary N) is 1. The van der Waals surface area contributed by atoms with Crippen LogP contribution in [-0.2, 0) is 11.3 Å². The summed E-state index contributed by atoms with van der Waals surface area (Å²) < 4.78 is 10.4. The number of thiazole rings is 1. The summed E-state index contributed by atoms with van der Waals surface area (Å²) in [4.78, 5) is 16.0. The van der Waals surface area contributed by atoms with Gasteiger partial charge in [-0.15, -0.1) is 11.3 Å². The standard InChI is InChI=1S/C14H14Cl2N2O3S/c1-20-5-4-17-14(19)11-8-22-13(18-11)7-21-12-6-9(15)2-3-10(12)16/h2-3,6,8H,4-5,7H2,1H3,(H,17,19). The molecule has 0 atom stereocenters. The SMILES string of the molecule is COCCNC(=O)c1csc(COc2cc(Cl)ccc2Cl)n1. The fourth-order valence-electron chi connectivity index (χ4n) is 1.57. The number of rotatable bonds is 7. The number of hydrogen-bond acceptors (Lipinski definition) is 5. The molecule has 1 N–H and O–H groups in total. The Bertz CT molecular complexity index is 649. The highest BCUT2D eigenvalue weighted by molar-refractivity contribution is 7.09. The summed E-state index contributed by atoms with van der Waals surface area (Å²) in [7, 11) is 1.57. The highest BCUT2D eigenvalue weighted by Gasteiger charge is 2.11. The fourth-order valence-corrected chi connectivity index (χ4v) is 2.59. The van der Waals surface area contributed by atoms with Gasteiger partial charge in [0, 0.05) is 30.1 Å². The quantitative estimate of drug-likeness (QED) is 0.768. The van der Waals surface area contributed by atoms with Gasteiger partial charge in [0.1, 0.15) is 23.1 Å². The van der Waals surface area contributed by atoms with Crippen LogP contribution in [0.2, 0.25) is 10.0 Å².